The van der Waals surface area contributed by atoms with Crippen LogP contribution in [0.1, 0.15) is 64.2 Å². The molecule has 0 aliphatic carbocycles. The lowest BCUT2D eigenvalue weighted by Gasteiger charge is -2.35. The lowest BCUT2D eigenvalue weighted by molar-refractivity contribution is 0.0746. The van der Waals surface area contributed by atoms with E-state index in [0.29, 0.717) is 27.3 Å². The SMILES string of the molecule is COc1ccc2c(c1)C(=O)N(C)C2C(CCN1CCC(c2cccnc2)CC1)c1ccc(Cl)c(Cl)c1. The number of carbonyl (C=O) groups is 1. The van der Waals surface area contributed by atoms with Crippen LogP contribution in [0.4, 0.5) is 0 Å². The van der Waals surface area contributed by atoms with Gasteiger partial charge in [-0.15, -0.1) is 0 Å². The molecule has 0 N–H and O–H groups in total. The van der Waals surface area contributed by atoms with Crippen molar-refractivity contribution in [2.24, 2.45) is 0 Å². The first-order valence-corrected chi connectivity index (χ1v) is 13.2. The zero-order chi connectivity index (χ0) is 25.2. The minimum Gasteiger partial charge on any atom is -0.497 e. The van der Waals surface area contributed by atoms with E-state index in [1.54, 1.807) is 7.11 Å². The summed E-state index contributed by atoms with van der Waals surface area (Å²) in [5, 5.41) is 1.08. The van der Waals surface area contributed by atoms with Crippen molar-refractivity contribution in [2.75, 3.05) is 33.8 Å². The average Bonchev–Trinajstić information content (AvgIpc) is 3.16. The smallest absolute Gasteiger partial charge is 0.254 e. The number of hydrogen-bond donors (Lipinski definition) is 0. The number of hydrogen-bond acceptors (Lipinski definition) is 4. The molecule has 2 atom stereocenters. The summed E-state index contributed by atoms with van der Waals surface area (Å²) >= 11 is 12.7. The fraction of sp³-hybridized carbons (Fsp3) is 0.379. The van der Waals surface area contributed by atoms with Crippen molar-refractivity contribution in [3.63, 3.8) is 0 Å². The van der Waals surface area contributed by atoms with Crippen molar-refractivity contribution >= 4 is 29.1 Å². The molecule has 36 heavy (non-hydrogen) atoms. The van der Waals surface area contributed by atoms with Gasteiger partial charge in [-0.3, -0.25) is 9.78 Å². The van der Waals surface area contributed by atoms with E-state index in [-0.39, 0.29) is 17.9 Å². The first-order chi connectivity index (χ1) is 17.5. The molecule has 2 aliphatic heterocycles. The monoisotopic (exact) mass is 523 g/mol. The number of aromatic nitrogens is 1. The second-order valence-electron chi connectivity index (χ2n) is 9.79. The zero-order valence-corrected chi connectivity index (χ0v) is 22.2. The lowest BCUT2D eigenvalue weighted by Crippen LogP contribution is -2.35. The number of amides is 1. The molecule has 1 amide bonds. The van der Waals surface area contributed by atoms with Crippen LogP contribution in [0.25, 0.3) is 0 Å². The third-order valence-electron chi connectivity index (χ3n) is 7.80. The predicted octanol–water partition coefficient (Wildman–Crippen LogP) is 6.58. The second-order valence-corrected chi connectivity index (χ2v) is 10.6. The Morgan fingerprint density at radius 3 is 2.58 bits per heavy atom. The van der Waals surface area contributed by atoms with E-state index in [0.717, 1.165) is 50.0 Å². The zero-order valence-electron chi connectivity index (χ0n) is 20.7. The van der Waals surface area contributed by atoms with Gasteiger partial charge in [0.05, 0.1) is 23.2 Å². The molecule has 7 heteroatoms. The summed E-state index contributed by atoms with van der Waals surface area (Å²) in [6.45, 7) is 3.07. The van der Waals surface area contributed by atoms with Crippen molar-refractivity contribution in [3.05, 3.63) is 93.2 Å². The van der Waals surface area contributed by atoms with Crippen molar-refractivity contribution in [3.8, 4) is 5.75 Å². The Bertz CT molecular complexity index is 1230. The van der Waals surface area contributed by atoms with Gasteiger partial charge in [0.15, 0.2) is 0 Å². The maximum Gasteiger partial charge on any atom is 0.254 e. The Hall–Kier alpha value is -2.60. The van der Waals surface area contributed by atoms with Crippen molar-refractivity contribution < 1.29 is 9.53 Å². The fourth-order valence-corrected chi connectivity index (χ4v) is 6.10. The predicted molar refractivity (Wildman–Crippen MR) is 144 cm³/mol. The number of carbonyl (C=O) groups excluding carboxylic acids is 1. The summed E-state index contributed by atoms with van der Waals surface area (Å²) in [5.74, 6) is 1.37. The Kier molecular flexibility index (Phi) is 7.52. The van der Waals surface area contributed by atoms with Gasteiger partial charge >= 0.3 is 0 Å². The van der Waals surface area contributed by atoms with Crippen LogP contribution in [0, 0.1) is 0 Å². The number of likely N-dealkylation sites (tertiary alicyclic amines) is 1. The highest BCUT2D eigenvalue weighted by Gasteiger charge is 2.40. The standard InChI is InChI=1S/C29H31Cl2N3O2/c1-33-28(24-7-6-22(36-2)17-25(24)29(33)35)23(20-5-8-26(30)27(31)16-20)11-15-34-13-9-19(10-14-34)21-4-3-12-32-18-21/h3-8,12,16-19,23,28H,9-11,13-15H2,1-2H3. The van der Waals surface area contributed by atoms with E-state index < -0.39 is 0 Å². The summed E-state index contributed by atoms with van der Waals surface area (Å²) in [4.78, 5) is 21.9. The molecule has 0 bridgehead atoms. The van der Waals surface area contributed by atoms with Crippen LogP contribution < -0.4 is 4.74 Å². The van der Waals surface area contributed by atoms with Gasteiger partial charge in [0.25, 0.3) is 5.91 Å². The van der Waals surface area contributed by atoms with Gasteiger partial charge in [-0.05, 0) is 91.8 Å². The number of rotatable bonds is 7. The first-order valence-electron chi connectivity index (χ1n) is 12.5. The number of fused-ring (bicyclic) bond motifs is 1. The summed E-state index contributed by atoms with van der Waals surface area (Å²) < 4.78 is 5.39. The molecular formula is C29H31Cl2N3O2. The summed E-state index contributed by atoms with van der Waals surface area (Å²) in [6, 6.07) is 15.8. The summed E-state index contributed by atoms with van der Waals surface area (Å²) in [5.41, 5.74) is 4.19. The number of piperidine rings is 1. The maximum atomic E-state index is 13.2. The minimum atomic E-state index is -0.0800. The Labute approximate surface area is 223 Å². The fourth-order valence-electron chi connectivity index (χ4n) is 5.80. The van der Waals surface area contributed by atoms with E-state index in [1.807, 2.05) is 66.8 Å². The molecule has 5 rings (SSSR count). The summed E-state index contributed by atoms with van der Waals surface area (Å²) in [6.07, 6.45) is 7.01. The van der Waals surface area contributed by atoms with Gasteiger partial charge in [-0.2, -0.15) is 0 Å². The highest BCUT2D eigenvalue weighted by Crippen LogP contribution is 2.46. The van der Waals surface area contributed by atoms with E-state index >= 15 is 0 Å². The summed E-state index contributed by atoms with van der Waals surface area (Å²) in [7, 11) is 3.52. The van der Waals surface area contributed by atoms with Gasteiger partial charge in [0.2, 0.25) is 0 Å². The molecule has 3 heterocycles. The first kappa shape index (κ1) is 25.1. The van der Waals surface area contributed by atoms with Crippen LogP contribution in [0.2, 0.25) is 10.0 Å². The molecule has 2 aromatic carbocycles. The van der Waals surface area contributed by atoms with Crippen LogP contribution in [-0.2, 0) is 0 Å². The normalized spacial score (nSPS) is 19.4. The topological polar surface area (TPSA) is 45.7 Å². The lowest BCUT2D eigenvalue weighted by atomic mass is 9.84. The maximum absolute atomic E-state index is 13.2. The van der Waals surface area contributed by atoms with Crippen LogP contribution >= 0.6 is 23.2 Å². The van der Waals surface area contributed by atoms with Crippen LogP contribution in [-0.4, -0.2) is 54.5 Å². The molecule has 0 spiro atoms. The average molecular weight is 524 g/mol. The molecule has 2 unspecified atom stereocenters. The van der Waals surface area contributed by atoms with Gasteiger partial charge in [0.1, 0.15) is 5.75 Å². The number of methoxy groups -OCH3 is 1. The molecule has 1 saturated heterocycles. The number of ether oxygens (including phenoxy) is 1. The molecule has 3 aromatic rings. The number of likely N-dealkylation sites (N-methyl/N-ethyl adjacent to an activating group) is 1. The largest absolute Gasteiger partial charge is 0.497 e. The van der Waals surface area contributed by atoms with Crippen LogP contribution in [0.3, 0.4) is 0 Å². The minimum absolute atomic E-state index is 0.0243. The van der Waals surface area contributed by atoms with Crippen molar-refractivity contribution in [1.82, 2.24) is 14.8 Å². The molecule has 0 radical (unpaired) electrons. The highest BCUT2D eigenvalue weighted by molar-refractivity contribution is 6.42. The van der Waals surface area contributed by atoms with E-state index in [2.05, 4.69) is 16.0 Å². The van der Waals surface area contributed by atoms with Crippen LogP contribution in [0.5, 0.6) is 5.75 Å². The Balaban J connectivity index is 1.37. The molecule has 5 nitrogen and oxygen atoms in total. The molecule has 188 valence electrons. The second kappa shape index (κ2) is 10.8. The highest BCUT2D eigenvalue weighted by atomic mass is 35.5. The van der Waals surface area contributed by atoms with E-state index in [4.69, 9.17) is 27.9 Å². The van der Waals surface area contributed by atoms with E-state index in [9.17, 15) is 4.79 Å². The number of pyridine rings is 1. The van der Waals surface area contributed by atoms with Crippen molar-refractivity contribution in [1.29, 1.82) is 0 Å². The number of nitrogens with zero attached hydrogens (tertiary/aromatic N) is 3. The van der Waals surface area contributed by atoms with Gasteiger partial charge in [-0.25, -0.2) is 0 Å². The third kappa shape index (κ3) is 4.97. The van der Waals surface area contributed by atoms with Gasteiger partial charge in [0, 0.05) is 30.9 Å². The molecular weight excluding hydrogens is 493 g/mol. The molecule has 1 aromatic heterocycles. The van der Waals surface area contributed by atoms with Gasteiger partial charge < -0.3 is 14.5 Å². The third-order valence-corrected chi connectivity index (χ3v) is 8.54. The molecule has 0 saturated carbocycles. The Morgan fingerprint density at radius 2 is 1.89 bits per heavy atom. The Morgan fingerprint density at radius 1 is 1.08 bits per heavy atom. The molecule has 2 aliphatic rings. The van der Waals surface area contributed by atoms with Gasteiger partial charge in [-0.1, -0.05) is 41.4 Å². The number of benzene rings is 2. The van der Waals surface area contributed by atoms with E-state index in [1.165, 1.54) is 5.56 Å². The van der Waals surface area contributed by atoms with Crippen LogP contribution in [0.15, 0.2) is 60.9 Å². The quantitative estimate of drug-likeness (QED) is 0.351. The number of halogens is 2. The van der Waals surface area contributed by atoms with Crippen molar-refractivity contribution in [2.45, 2.75) is 37.1 Å². The molecule has 1 fully saturated rings.